The lowest BCUT2D eigenvalue weighted by atomic mass is 10.0. The number of nitrogens with one attached hydrogen (secondary N) is 2. The van der Waals surface area contributed by atoms with Crippen LogP contribution in [0.1, 0.15) is 11.6 Å². The summed E-state index contributed by atoms with van der Waals surface area (Å²) in [6, 6.07) is 8.12. The third-order valence-electron chi connectivity index (χ3n) is 2.95. The molecule has 4 heteroatoms. The number of H-pyrrole nitrogens is 1. The van der Waals surface area contributed by atoms with Crippen molar-refractivity contribution in [2.24, 2.45) is 0 Å². The number of rotatable bonds is 2. The van der Waals surface area contributed by atoms with Crippen molar-refractivity contribution in [2.75, 3.05) is 13.1 Å². The molecule has 0 radical (unpaired) electrons. The van der Waals surface area contributed by atoms with E-state index in [4.69, 9.17) is 0 Å². The average Bonchev–Trinajstić information content (AvgIpc) is 2.65. The van der Waals surface area contributed by atoms with Gasteiger partial charge in [-0.1, -0.05) is 34.1 Å². The Hall–Kier alpha value is -1.13. The lowest BCUT2D eigenvalue weighted by molar-refractivity contribution is 0.441. The van der Waals surface area contributed by atoms with Crippen molar-refractivity contribution in [2.45, 2.75) is 5.92 Å². The number of halogens is 1. The summed E-state index contributed by atoms with van der Waals surface area (Å²) in [5.74, 6) is 1.54. The lowest BCUT2D eigenvalue weighted by Gasteiger charge is -2.25. The van der Waals surface area contributed by atoms with Crippen LogP contribution in [0.5, 0.6) is 0 Å². The van der Waals surface area contributed by atoms with Crippen LogP contribution in [0.2, 0.25) is 0 Å². The number of benzene rings is 1. The fourth-order valence-electron chi connectivity index (χ4n) is 1.84. The van der Waals surface area contributed by atoms with Crippen molar-refractivity contribution < 1.29 is 0 Å². The van der Waals surface area contributed by atoms with Crippen LogP contribution in [-0.4, -0.2) is 23.1 Å². The van der Waals surface area contributed by atoms with Gasteiger partial charge in [0, 0.05) is 40.9 Å². The molecule has 3 rings (SSSR count). The van der Waals surface area contributed by atoms with Crippen molar-refractivity contribution in [3.63, 3.8) is 0 Å². The zero-order chi connectivity index (χ0) is 11.0. The van der Waals surface area contributed by atoms with Crippen molar-refractivity contribution in [3.05, 3.63) is 40.6 Å². The fourth-order valence-corrected chi connectivity index (χ4v) is 2.31. The quantitative estimate of drug-likeness (QED) is 0.886. The van der Waals surface area contributed by atoms with Crippen LogP contribution in [0, 0.1) is 0 Å². The van der Waals surface area contributed by atoms with E-state index in [0.717, 1.165) is 29.0 Å². The predicted octanol–water partition coefficient (Wildman–Crippen LogP) is 2.53. The van der Waals surface area contributed by atoms with Gasteiger partial charge in [0.05, 0.1) is 0 Å². The first-order valence-corrected chi connectivity index (χ1v) is 6.14. The molecule has 3 nitrogen and oxygen atoms in total. The summed E-state index contributed by atoms with van der Waals surface area (Å²) in [5.41, 5.74) is 2.34. The lowest BCUT2D eigenvalue weighted by Crippen LogP contribution is -2.40. The monoisotopic (exact) mass is 277 g/mol. The number of hydrogen-bond donors (Lipinski definition) is 2. The maximum absolute atomic E-state index is 4.44. The summed E-state index contributed by atoms with van der Waals surface area (Å²) in [5, 5.41) is 3.26. The normalized spacial score (nSPS) is 16.1. The number of hydrogen-bond acceptors (Lipinski definition) is 2. The molecule has 1 aliphatic heterocycles. The number of aromatic amines is 1. The van der Waals surface area contributed by atoms with Gasteiger partial charge in [-0.15, -0.1) is 0 Å². The second kappa shape index (κ2) is 4.03. The van der Waals surface area contributed by atoms with Gasteiger partial charge >= 0.3 is 0 Å². The van der Waals surface area contributed by atoms with Crippen molar-refractivity contribution >= 4 is 15.9 Å². The van der Waals surface area contributed by atoms with E-state index in [1.165, 1.54) is 5.69 Å². The van der Waals surface area contributed by atoms with Gasteiger partial charge in [0.15, 0.2) is 0 Å². The summed E-state index contributed by atoms with van der Waals surface area (Å²) in [4.78, 5) is 7.83. The molecular weight excluding hydrogens is 266 g/mol. The van der Waals surface area contributed by atoms with E-state index in [1.54, 1.807) is 0 Å². The Morgan fingerprint density at radius 1 is 1.25 bits per heavy atom. The van der Waals surface area contributed by atoms with Gasteiger partial charge in [-0.05, 0) is 6.07 Å². The maximum Gasteiger partial charge on any atom is 0.138 e. The van der Waals surface area contributed by atoms with Gasteiger partial charge in [0.2, 0.25) is 0 Å². The zero-order valence-corrected chi connectivity index (χ0v) is 10.3. The maximum atomic E-state index is 4.44. The van der Waals surface area contributed by atoms with Crippen LogP contribution in [0.4, 0.5) is 0 Å². The SMILES string of the molecule is Brc1ccccc1-c1ncc(C2CNC2)[nH]1. The highest BCUT2D eigenvalue weighted by atomic mass is 79.9. The van der Waals surface area contributed by atoms with E-state index in [0.29, 0.717) is 5.92 Å². The van der Waals surface area contributed by atoms with E-state index in [9.17, 15) is 0 Å². The summed E-state index contributed by atoms with van der Waals surface area (Å²) in [6.07, 6.45) is 1.94. The van der Waals surface area contributed by atoms with Crippen molar-refractivity contribution in [1.82, 2.24) is 15.3 Å². The Morgan fingerprint density at radius 3 is 2.75 bits per heavy atom. The average molecular weight is 278 g/mol. The molecule has 1 fully saturated rings. The molecule has 1 saturated heterocycles. The summed E-state index contributed by atoms with van der Waals surface area (Å²) in [6.45, 7) is 2.11. The van der Waals surface area contributed by atoms with Gasteiger partial charge in [-0.3, -0.25) is 0 Å². The molecule has 1 aromatic carbocycles. The minimum atomic E-state index is 0.601. The first kappa shape index (κ1) is 10.1. The standard InChI is InChI=1S/C12H12BrN3/c13-10-4-2-1-3-9(10)12-15-7-11(16-12)8-5-14-6-8/h1-4,7-8,14H,5-6H2,(H,15,16). The van der Waals surface area contributed by atoms with Crippen LogP contribution >= 0.6 is 15.9 Å². The zero-order valence-electron chi connectivity index (χ0n) is 8.70. The van der Waals surface area contributed by atoms with Gasteiger partial charge in [-0.25, -0.2) is 4.98 Å². The Balaban J connectivity index is 1.95. The van der Waals surface area contributed by atoms with Crippen LogP contribution in [0.3, 0.4) is 0 Å². The van der Waals surface area contributed by atoms with Crippen molar-refractivity contribution in [1.29, 1.82) is 0 Å². The molecule has 0 unspecified atom stereocenters. The molecule has 0 bridgehead atoms. The molecule has 0 atom stereocenters. The molecule has 1 aromatic heterocycles. The Labute approximate surface area is 102 Å². The Kier molecular flexibility index (Phi) is 2.53. The van der Waals surface area contributed by atoms with E-state index < -0.39 is 0 Å². The largest absolute Gasteiger partial charge is 0.342 e. The highest BCUT2D eigenvalue weighted by Crippen LogP contribution is 2.27. The van der Waals surface area contributed by atoms with E-state index in [1.807, 2.05) is 24.4 Å². The highest BCUT2D eigenvalue weighted by molar-refractivity contribution is 9.10. The van der Waals surface area contributed by atoms with E-state index in [-0.39, 0.29) is 0 Å². The van der Waals surface area contributed by atoms with Gasteiger partial charge in [0.25, 0.3) is 0 Å². The van der Waals surface area contributed by atoms with Gasteiger partial charge in [0.1, 0.15) is 5.82 Å². The Morgan fingerprint density at radius 2 is 2.06 bits per heavy atom. The third kappa shape index (κ3) is 1.68. The first-order valence-electron chi connectivity index (χ1n) is 5.35. The van der Waals surface area contributed by atoms with Crippen LogP contribution < -0.4 is 5.32 Å². The van der Waals surface area contributed by atoms with Crippen LogP contribution in [-0.2, 0) is 0 Å². The smallest absolute Gasteiger partial charge is 0.138 e. The Bertz CT molecular complexity index is 502. The molecule has 2 aromatic rings. The second-order valence-electron chi connectivity index (χ2n) is 4.02. The first-order chi connectivity index (χ1) is 7.84. The predicted molar refractivity (Wildman–Crippen MR) is 67.3 cm³/mol. The minimum absolute atomic E-state index is 0.601. The van der Waals surface area contributed by atoms with Crippen molar-refractivity contribution in [3.8, 4) is 11.4 Å². The molecular formula is C12H12BrN3. The molecule has 1 aliphatic rings. The topological polar surface area (TPSA) is 40.7 Å². The minimum Gasteiger partial charge on any atom is -0.342 e. The molecule has 16 heavy (non-hydrogen) atoms. The molecule has 0 aliphatic carbocycles. The number of nitrogens with zero attached hydrogens (tertiary/aromatic N) is 1. The van der Waals surface area contributed by atoms with Gasteiger partial charge < -0.3 is 10.3 Å². The second-order valence-corrected chi connectivity index (χ2v) is 4.88. The molecule has 2 N–H and O–H groups in total. The number of aromatic nitrogens is 2. The van der Waals surface area contributed by atoms with Crippen LogP contribution in [0.15, 0.2) is 34.9 Å². The third-order valence-corrected chi connectivity index (χ3v) is 3.64. The highest BCUT2D eigenvalue weighted by Gasteiger charge is 2.21. The van der Waals surface area contributed by atoms with E-state index in [2.05, 4.69) is 37.3 Å². The summed E-state index contributed by atoms with van der Waals surface area (Å²) in [7, 11) is 0. The number of imidazole rings is 1. The summed E-state index contributed by atoms with van der Waals surface area (Å²) < 4.78 is 1.07. The fraction of sp³-hybridized carbons (Fsp3) is 0.250. The molecule has 0 spiro atoms. The van der Waals surface area contributed by atoms with Crippen LogP contribution in [0.25, 0.3) is 11.4 Å². The van der Waals surface area contributed by atoms with Gasteiger partial charge in [-0.2, -0.15) is 0 Å². The summed E-state index contributed by atoms with van der Waals surface area (Å²) >= 11 is 3.54. The molecule has 0 amide bonds. The molecule has 0 saturated carbocycles. The molecule has 2 heterocycles. The molecule has 82 valence electrons. The van der Waals surface area contributed by atoms with E-state index >= 15 is 0 Å².